The van der Waals surface area contributed by atoms with Crippen molar-refractivity contribution in [2.45, 2.75) is 52.5 Å². The molecule has 2 heterocycles. The monoisotopic (exact) mass is 369 g/mol. The van der Waals surface area contributed by atoms with Gasteiger partial charge in [-0.3, -0.25) is 4.79 Å². The van der Waals surface area contributed by atoms with Gasteiger partial charge >= 0.3 is 0 Å². The quantitative estimate of drug-likeness (QED) is 0.844. The third-order valence-electron chi connectivity index (χ3n) is 5.24. The van der Waals surface area contributed by atoms with Crippen LogP contribution in [0, 0.1) is 18.3 Å². The average Bonchev–Trinajstić information content (AvgIpc) is 2.85. The number of nitrogens with zero attached hydrogens (tertiary/aromatic N) is 1. The molecule has 3 N–H and O–H groups in total. The molecule has 1 aromatic rings. The van der Waals surface area contributed by atoms with Gasteiger partial charge in [0.05, 0.1) is 6.04 Å². The highest BCUT2D eigenvalue weighted by molar-refractivity contribution is 7.86. The number of nitrogens with one attached hydrogen (secondary N) is 1. The molecule has 1 aromatic heterocycles. The molecule has 2 aliphatic rings. The van der Waals surface area contributed by atoms with E-state index in [0.717, 1.165) is 29.9 Å². The number of nitrogens with two attached hydrogens (primary N) is 1. The fraction of sp³-hybridized carbons (Fsp3) is 0.706. The lowest BCUT2D eigenvalue weighted by molar-refractivity contribution is -0.127. The number of piperidine rings is 1. The molecule has 1 aliphatic heterocycles. The Balaban J connectivity index is 1.67. The summed E-state index contributed by atoms with van der Waals surface area (Å²) in [6.07, 6.45) is 2.72. The standard InChI is InChI=1S/C17H27N3O4S/c1-11-8-13-14(9-17(2,3)10-15(13)24-11)19-16(21)12-4-6-20(7-5-12)25(18,22)23/h8,12,14H,4-7,9-10H2,1-3H3,(H,19,21)(H2,18,22,23). The summed E-state index contributed by atoms with van der Waals surface area (Å²) in [6, 6.07) is 1.96. The molecule has 0 bridgehead atoms. The predicted octanol–water partition coefficient (Wildman–Crippen LogP) is 1.63. The number of furan rings is 1. The largest absolute Gasteiger partial charge is 0.466 e. The Morgan fingerprint density at radius 1 is 1.36 bits per heavy atom. The molecule has 1 unspecified atom stereocenters. The molecule has 0 spiro atoms. The van der Waals surface area contributed by atoms with Crippen LogP contribution in [0.4, 0.5) is 0 Å². The first kappa shape index (κ1) is 18.4. The highest BCUT2D eigenvalue weighted by atomic mass is 32.2. The van der Waals surface area contributed by atoms with E-state index >= 15 is 0 Å². The topological polar surface area (TPSA) is 106 Å². The van der Waals surface area contributed by atoms with Crippen molar-refractivity contribution in [2.24, 2.45) is 16.5 Å². The Hall–Kier alpha value is -1.38. The van der Waals surface area contributed by atoms with Gasteiger partial charge in [0, 0.05) is 31.0 Å². The van der Waals surface area contributed by atoms with Crippen LogP contribution in [0.3, 0.4) is 0 Å². The molecule has 1 atom stereocenters. The number of aryl methyl sites for hydroxylation is 1. The summed E-state index contributed by atoms with van der Waals surface area (Å²) in [7, 11) is -3.67. The van der Waals surface area contributed by atoms with Gasteiger partial charge in [-0.15, -0.1) is 0 Å². The van der Waals surface area contributed by atoms with Crippen molar-refractivity contribution < 1.29 is 17.6 Å². The van der Waals surface area contributed by atoms with Gasteiger partial charge in [0.15, 0.2) is 0 Å². The fourth-order valence-electron chi connectivity index (χ4n) is 3.98. The van der Waals surface area contributed by atoms with E-state index in [-0.39, 0.29) is 23.3 Å². The number of rotatable bonds is 3. The Labute approximate surface area is 149 Å². The van der Waals surface area contributed by atoms with E-state index in [9.17, 15) is 13.2 Å². The molecule has 3 rings (SSSR count). The van der Waals surface area contributed by atoms with Crippen LogP contribution in [0.25, 0.3) is 0 Å². The van der Waals surface area contributed by atoms with Gasteiger partial charge in [-0.05, 0) is 37.7 Å². The zero-order valence-electron chi connectivity index (χ0n) is 15.0. The van der Waals surface area contributed by atoms with Crippen LogP contribution in [0.1, 0.15) is 56.2 Å². The second-order valence-corrected chi connectivity index (χ2v) is 9.61. The fourth-order valence-corrected chi connectivity index (χ4v) is 4.70. The minimum absolute atomic E-state index is 0.0124. The van der Waals surface area contributed by atoms with Crippen molar-refractivity contribution in [2.75, 3.05) is 13.1 Å². The first-order valence-electron chi connectivity index (χ1n) is 8.73. The summed E-state index contributed by atoms with van der Waals surface area (Å²) in [4.78, 5) is 12.7. The van der Waals surface area contributed by atoms with E-state index in [1.165, 1.54) is 4.31 Å². The molecular weight excluding hydrogens is 342 g/mol. The number of hydrogen-bond acceptors (Lipinski definition) is 4. The maximum atomic E-state index is 12.7. The van der Waals surface area contributed by atoms with Gasteiger partial charge in [0.25, 0.3) is 10.2 Å². The number of carbonyl (C=O) groups excluding carboxylic acids is 1. The summed E-state index contributed by atoms with van der Waals surface area (Å²) in [5.41, 5.74) is 1.14. The lowest BCUT2D eigenvalue weighted by atomic mass is 9.74. The number of fused-ring (bicyclic) bond motifs is 1. The van der Waals surface area contributed by atoms with Crippen LogP contribution in [-0.2, 0) is 21.4 Å². The van der Waals surface area contributed by atoms with Gasteiger partial charge < -0.3 is 9.73 Å². The molecule has 1 fully saturated rings. The number of carbonyl (C=O) groups is 1. The van der Waals surface area contributed by atoms with Crippen molar-refractivity contribution in [1.82, 2.24) is 9.62 Å². The number of hydrogen-bond donors (Lipinski definition) is 2. The number of amides is 1. The first-order chi connectivity index (χ1) is 11.5. The van der Waals surface area contributed by atoms with Crippen LogP contribution in [-0.4, -0.2) is 31.7 Å². The zero-order chi connectivity index (χ0) is 18.4. The molecular formula is C17H27N3O4S. The van der Waals surface area contributed by atoms with Crippen LogP contribution in [0.2, 0.25) is 0 Å². The first-order valence-corrected chi connectivity index (χ1v) is 10.2. The molecule has 0 aromatic carbocycles. The van der Waals surface area contributed by atoms with E-state index in [4.69, 9.17) is 9.56 Å². The average molecular weight is 369 g/mol. The second kappa shape index (κ2) is 6.41. The minimum Gasteiger partial charge on any atom is -0.466 e. The summed E-state index contributed by atoms with van der Waals surface area (Å²) in [5.74, 6) is 1.63. The van der Waals surface area contributed by atoms with Crippen LogP contribution in [0.15, 0.2) is 10.5 Å². The van der Waals surface area contributed by atoms with Crippen molar-refractivity contribution in [1.29, 1.82) is 0 Å². The molecule has 0 radical (unpaired) electrons. The molecule has 1 saturated heterocycles. The summed E-state index contributed by atoms with van der Waals surface area (Å²) in [5, 5.41) is 8.32. The third kappa shape index (κ3) is 4.07. The van der Waals surface area contributed by atoms with E-state index in [2.05, 4.69) is 19.2 Å². The Kier molecular flexibility index (Phi) is 4.72. The maximum absolute atomic E-state index is 12.7. The van der Waals surface area contributed by atoms with Crippen LogP contribution >= 0.6 is 0 Å². The zero-order valence-corrected chi connectivity index (χ0v) is 15.9. The van der Waals surface area contributed by atoms with Gasteiger partial charge in [-0.2, -0.15) is 12.7 Å². The van der Waals surface area contributed by atoms with Gasteiger partial charge in [0.2, 0.25) is 5.91 Å². The van der Waals surface area contributed by atoms with Crippen molar-refractivity contribution >= 4 is 16.1 Å². The van der Waals surface area contributed by atoms with Crippen LogP contribution in [0.5, 0.6) is 0 Å². The second-order valence-electron chi connectivity index (χ2n) is 8.06. The third-order valence-corrected chi connectivity index (χ3v) is 6.32. The molecule has 25 heavy (non-hydrogen) atoms. The summed E-state index contributed by atoms with van der Waals surface area (Å²) < 4.78 is 29.8. The molecule has 8 heteroatoms. The normalized spacial score (nSPS) is 24.7. The molecule has 140 valence electrons. The van der Waals surface area contributed by atoms with E-state index in [0.29, 0.717) is 25.9 Å². The van der Waals surface area contributed by atoms with Gasteiger partial charge in [0.1, 0.15) is 11.5 Å². The van der Waals surface area contributed by atoms with E-state index in [1.807, 2.05) is 13.0 Å². The highest BCUT2D eigenvalue weighted by Crippen LogP contribution is 2.42. The Bertz CT molecular complexity index is 761. The summed E-state index contributed by atoms with van der Waals surface area (Å²) >= 11 is 0. The highest BCUT2D eigenvalue weighted by Gasteiger charge is 2.37. The lowest BCUT2D eigenvalue weighted by Gasteiger charge is -2.36. The van der Waals surface area contributed by atoms with E-state index in [1.54, 1.807) is 0 Å². The smallest absolute Gasteiger partial charge is 0.276 e. The van der Waals surface area contributed by atoms with Crippen molar-refractivity contribution in [3.05, 3.63) is 23.2 Å². The van der Waals surface area contributed by atoms with Crippen LogP contribution < -0.4 is 10.5 Å². The summed E-state index contributed by atoms with van der Waals surface area (Å²) in [6.45, 7) is 6.87. The van der Waals surface area contributed by atoms with Gasteiger partial charge in [-0.25, -0.2) is 5.14 Å². The Morgan fingerprint density at radius 2 is 2.00 bits per heavy atom. The Morgan fingerprint density at radius 3 is 2.60 bits per heavy atom. The lowest BCUT2D eigenvalue weighted by Crippen LogP contribution is -2.46. The molecule has 0 saturated carbocycles. The van der Waals surface area contributed by atoms with Gasteiger partial charge in [-0.1, -0.05) is 13.8 Å². The molecule has 7 nitrogen and oxygen atoms in total. The SMILES string of the molecule is Cc1cc2c(o1)CC(C)(C)CC2NC(=O)C1CCN(S(N)(=O)=O)CC1. The van der Waals surface area contributed by atoms with Crippen molar-refractivity contribution in [3.63, 3.8) is 0 Å². The molecule has 1 amide bonds. The van der Waals surface area contributed by atoms with E-state index < -0.39 is 10.2 Å². The predicted molar refractivity (Wildman–Crippen MR) is 93.8 cm³/mol. The minimum atomic E-state index is -3.67. The molecule has 1 aliphatic carbocycles. The van der Waals surface area contributed by atoms with Crippen molar-refractivity contribution in [3.8, 4) is 0 Å². The maximum Gasteiger partial charge on any atom is 0.276 e.